The normalized spacial score (nSPS) is 13.6. The highest BCUT2D eigenvalue weighted by Crippen LogP contribution is 2.29. The van der Waals surface area contributed by atoms with Gasteiger partial charge in [0.2, 0.25) is 0 Å². The van der Waals surface area contributed by atoms with Gasteiger partial charge in [-0.05, 0) is 38.3 Å². The summed E-state index contributed by atoms with van der Waals surface area (Å²) in [6.45, 7) is 7.08. The molecule has 0 bridgehead atoms. The molecule has 0 aromatic heterocycles. The minimum atomic E-state index is -0.537. The molecular weight excluding hydrogens is 400 g/mol. The van der Waals surface area contributed by atoms with Crippen LogP contribution in [0, 0.1) is 0 Å². The molecule has 0 unspecified atom stereocenters. The fourth-order valence-corrected chi connectivity index (χ4v) is 3.30. The van der Waals surface area contributed by atoms with Crippen molar-refractivity contribution >= 4 is 28.7 Å². The van der Waals surface area contributed by atoms with Crippen LogP contribution < -0.4 is 5.32 Å². The number of imide groups is 1. The average molecular weight is 428 g/mol. The molecule has 3 rings (SSSR count). The van der Waals surface area contributed by atoms with Crippen LogP contribution in [0.25, 0.3) is 10.8 Å². The lowest BCUT2D eigenvalue weighted by Crippen LogP contribution is -2.42. The van der Waals surface area contributed by atoms with Crippen molar-refractivity contribution in [2.24, 2.45) is 0 Å². The summed E-state index contributed by atoms with van der Waals surface area (Å²) in [4.78, 5) is 38.3. The molecule has 1 N–H and O–H groups in total. The van der Waals surface area contributed by atoms with Gasteiger partial charge < -0.3 is 19.5 Å². The Hall–Kier alpha value is -2.97. The Balaban J connectivity index is 1.36. The molecule has 166 valence electrons. The lowest BCUT2D eigenvalue weighted by atomic mass is 9.94. The number of hydrogen-bond acceptors (Lipinski definition) is 6. The van der Waals surface area contributed by atoms with Gasteiger partial charge in [0, 0.05) is 23.1 Å². The van der Waals surface area contributed by atoms with Gasteiger partial charge >= 0.3 is 6.09 Å². The number of carbonyl (C=O) groups is 3. The van der Waals surface area contributed by atoms with E-state index in [0.717, 1.165) is 5.39 Å². The summed E-state index contributed by atoms with van der Waals surface area (Å²) in [5, 5.41) is 4.20. The van der Waals surface area contributed by atoms with E-state index < -0.39 is 11.7 Å². The Kier molecular flexibility index (Phi) is 7.25. The molecular formula is C23H28N2O6. The monoisotopic (exact) mass is 428 g/mol. The van der Waals surface area contributed by atoms with E-state index in [1.54, 1.807) is 32.9 Å². The predicted molar refractivity (Wildman–Crippen MR) is 115 cm³/mol. The highest BCUT2D eigenvalue weighted by Gasteiger charge is 2.32. The van der Waals surface area contributed by atoms with Gasteiger partial charge in [-0.2, -0.15) is 0 Å². The Morgan fingerprint density at radius 1 is 0.903 bits per heavy atom. The number of rotatable bonds is 9. The number of ether oxygens (including phenoxy) is 3. The minimum absolute atomic E-state index is 0.169. The second kappa shape index (κ2) is 9.89. The van der Waals surface area contributed by atoms with Gasteiger partial charge in [0.15, 0.2) is 0 Å². The number of alkyl carbamates (subject to hydrolysis) is 1. The van der Waals surface area contributed by atoms with Crippen LogP contribution >= 0.6 is 0 Å². The zero-order valence-corrected chi connectivity index (χ0v) is 18.1. The fourth-order valence-electron chi connectivity index (χ4n) is 3.30. The highest BCUT2D eigenvalue weighted by atomic mass is 16.6. The van der Waals surface area contributed by atoms with Crippen molar-refractivity contribution in [1.29, 1.82) is 0 Å². The lowest BCUT2D eigenvalue weighted by Gasteiger charge is -2.27. The first-order chi connectivity index (χ1) is 14.8. The van der Waals surface area contributed by atoms with Gasteiger partial charge in [0.1, 0.15) is 5.60 Å². The van der Waals surface area contributed by atoms with Crippen LogP contribution in [-0.4, -0.2) is 67.9 Å². The number of nitrogens with one attached hydrogen (secondary N) is 1. The molecule has 0 saturated carbocycles. The van der Waals surface area contributed by atoms with E-state index in [9.17, 15) is 14.4 Å². The molecule has 8 heteroatoms. The topological polar surface area (TPSA) is 94.2 Å². The Bertz CT molecular complexity index is 915. The Labute approximate surface area is 181 Å². The Morgan fingerprint density at radius 3 is 2.06 bits per heavy atom. The summed E-state index contributed by atoms with van der Waals surface area (Å²) in [6.07, 6.45) is -0.486. The molecule has 0 saturated heterocycles. The number of amides is 3. The molecule has 31 heavy (non-hydrogen) atoms. The molecule has 2 aromatic rings. The highest BCUT2D eigenvalue weighted by molar-refractivity contribution is 6.25. The van der Waals surface area contributed by atoms with Crippen LogP contribution in [0.5, 0.6) is 0 Å². The van der Waals surface area contributed by atoms with Gasteiger partial charge in [-0.1, -0.05) is 24.3 Å². The molecule has 1 aliphatic rings. The van der Waals surface area contributed by atoms with Crippen LogP contribution in [0.4, 0.5) is 4.79 Å². The standard InChI is InChI=1S/C23H28N2O6/c1-23(2,3)31-22(28)24-10-12-29-14-15-30-13-11-25-20(26)17-8-4-6-16-7-5-9-18(19(16)17)21(25)27/h4-9H,10-15H2,1-3H3,(H,24,28). The van der Waals surface area contributed by atoms with E-state index in [2.05, 4.69) is 5.32 Å². The quantitative estimate of drug-likeness (QED) is 0.487. The molecule has 0 radical (unpaired) electrons. The lowest BCUT2D eigenvalue weighted by molar-refractivity contribution is 0.0310. The first-order valence-electron chi connectivity index (χ1n) is 10.3. The second-order valence-corrected chi connectivity index (χ2v) is 8.12. The van der Waals surface area contributed by atoms with Crippen molar-refractivity contribution in [2.45, 2.75) is 26.4 Å². The first kappa shape index (κ1) is 22.7. The molecule has 0 spiro atoms. The van der Waals surface area contributed by atoms with E-state index in [0.29, 0.717) is 42.9 Å². The summed E-state index contributed by atoms with van der Waals surface area (Å²) in [5.41, 5.74) is 0.534. The molecule has 0 aliphatic carbocycles. The second-order valence-electron chi connectivity index (χ2n) is 8.12. The van der Waals surface area contributed by atoms with Gasteiger partial charge in [0.05, 0.1) is 33.0 Å². The third kappa shape index (κ3) is 5.80. The summed E-state index contributed by atoms with van der Waals surface area (Å²) < 4.78 is 16.0. The number of benzene rings is 2. The van der Waals surface area contributed by atoms with Crippen LogP contribution in [0.2, 0.25) is 0 Å². The predicted octanol–water partition coefficient (Wildman–Crippen LogP) is 2.99. The summed E-state index contributed by atoms with van der Waals surface area (Å²) >= 11 is 0. The van der Waals surface area contributed by atoms with Crippen molar-refractivity contribution in [1.82, 2.24) is 10.2 Å². The first-order valence-corrected chi connectivity index (χ1v) is 10.3. The maximum absolute atomic E-state index is 12.8. The van der Waals surface area contributed by atoms with Crippen molar-refractivity contribution in [2.75, 3.05) is 39.5 Å². The molecule has 0 fully saturated rings. The van der Waals surface area contributed by atoms with E-state index in [1.807, 2.05) is 24.3 Å². The fraction of sp³-hybridized carbons (Fsp3) is 0.435. The SMILES string of the molecule is CC(C)(C)OC(=O)NCCOCCOCCN1C(=O)c2cccc3cccc(c23)C1=O. The van der Waals surface area contributed by atoms with Gasteiger partial charge in [-0.25, -0.2) is 4.79 Å². The summed E-state index contributed by atoms with van der Waals surface area (Å²) in [5.74, 6) is -0.607. The maximum Gasteiger partial charge on any atom is 0.407 e. The van der Waals surface area contributed by atoms with Gasteiger partial charge in [-0.15, -0.1) is 0 Å². The van der Waals surface area contributed by atoms with Crippen LogP contribution in [0.15, 0.2) is 36.4 Å². The summed E-state index contributed by atoms with van der Waals surface area (Å²) in [6, 6.07) is 10.9. The average Bonchev–Trinajstić information content (AvgIpc) is 2.71. The van der Waals surface area contributed by atoms with Crippen molar-refractivity contribution in [3.8, 4) is 0 Å². The van der Waals surface area contributed by atoms with Crippen LogP contribution in [0.3, 0.4) is 0 Å². The van der Waals surface area contributed by atoms with Crippen LogP contribution in [0.1, 0.15) is 41.5 Å². The summed E-state index contributed by atoms with van der Waals surface area (Å²) in [7, 11) is 0. The van der Waals surface area contributed by atoms with Crippen molar-refractivity contribution in [3.63, 3.8) is 0 Å². The van der Waals surface area contributed by atoms with E-state index in [1.165, 1.54) is 4.90 Å². The van der Waals surface area contributed by atoms with E-state index >= 15 is 0 Å². The van der Waals surface area contributed by atoms with E-state index in [-0.39, 0.29) is 25.0 Å². The third-order valence-electron chi connectivity index (χ3n) is 4.60. The van der Waals surface area contributed by atoms with Crippen LogP contribution in [-0.2, 0) is 14.2 Å². The Morgan fingerprint density at radius 2 is 1.48 bits per heavy atom. The number of nitrogens with zero attached hydrogens (tertiary/aromatic N) is 1. The molecule has 1 aliphatic heterocycles. The smallest absolute Gasteiger partial charge is 0.407 e. The number of hydrogen-bond donors (Lipinski definition) is 1. The van der Waals surface area contributed by atoms with Crippen molar-refractivity contribution < 1.29 is 28.6 Å². The largest absolute Gasteiger partial charge is 0.444 e. The molecule has 8 nitrogen and oxygen atoms in total. The number of carbonyl (C=O) groups excluding carboxylic acids is 3. The molecule has 1 heterocycles. The minimum Gasteiger partial charge on any atom is -0.444 e. The molecule has 0 atom stereocenters. The zero-order valence-electron chi connectivity index (χ0n) is 18.1. The third-order valence-corrected chi connectivity index (χ3v) is 4.60. The van der Waals surface area contributed by atoms with E-state index in [4.69, 9.17) is 14.2 Å². The van der Waals surface area contributed by atoms with Gasteiger partial charge in [-0.3, -0.25) is 14.5 Å². The maximum atomic E-state index is 12.8. The molecule has 3 amide bonds. The van der Waals surface area contributed by atoms with Crippen molar-refractivity contribution in [3.05, 3.63) is 47.5 Å². The van der Waals surface area contributed by atoms with Gasteiger partial charge in [0.25, 0.3) is 11.8 Å². The zero-order chi connectivity index (χ0) is 22.4. The molecule has 2 aromatic carbocycles.